The summed E-state index contributed by atoms with van der Waals surface area (Å²) in [5.41, 5.74) is 5.69. The van der Waals surface area contributed by atoms with Crippen LogP contribution in [0.2, 0.25) is 0 Å². The van der Waals surface area contributed by atoms with Crippen LogP contribution in [0.15, 0.2) is 6.20 Å². The number of nitrogens with two attached hydrogens (primary N) is 1. The van der Waals surface area contributed by atoms with Crippen LogP contribution in [0.1, 0.15) is 35.6 Å². The molecule has 0 amide bonds. The van der Waals surface area contributed by atoms with Gasteiger partial charge in [-0.25, -0.2) is 4.98 Å². The molecule has 0 spiro atoms. The van der Waals surface area contributed by atoms with Crippen LogP contribution in [0.25, 0.3) is 0 Å². The lowest BCUT2D eigenvalue weighted by molar-refractivity contribution is 0.209. The topological polar surface area (TPSA) is 42.1 Å². The van der Waals surface area contributed by atoms with E-state index in [0.29, 0.717) is 12.5 Å². The standard InChI is InChI=1S/C13H23N3S/c1-10(7-14)12-8-15-13(17-12)6-11-4-3-5-16(2)9-11/h8,10-11H,3-7,9,14H2,1-2H3. The third-order valence-electron chi connectivity index (χ3n) is 3.60. The lowest BCUT2D eigenvalue weighted by Crippen LogP contribution is -2.32. The van der Waals surface area contributed by atoms with E-state index in [4.69, 9.17) is 5.73 Å². The van der Waals surface area contributed by atoms with Gasteiger partial charge in [-0.1, -0.05) is 6.92 Å². The van der Waals surface area contributed by atoms with Crippen molar-refractivity contribution < 1.29 is 0 Å². The maximum Gasteiger partial charge on any atom is 0.0931 e. The first-order valence-corrected chi connectivity index (χ1v) is 7.34. The molecule has 1 aliphatic rings. The highest BCUT2D eigenvalue weighted by atomic mass is 32.1. The Kier molecular flexibility index (Phi) is 4.54. The fraction of sp³-hybridized carbons (Fsp3) is 0.769. The summed E-state index contributed by atoms with van der Waals surface area (Å²) in [6.07, 6.45) is 5.85. The van der Waals surface area contributed by atoms with Crippen molar-refractivity contribution in [3.8, 4) is 0 Å². The van der Waals surface area contributed by atoms with E-state index in [-0.39, 0.29) is 0 Å². The second kappa shape index (κ2) is 5.94. The largest absolute Gasteiger partial charge is 0.330 e. The average Bonchev–Trinajstić information content (AvgIpc) is 2.76. The van der Waals surface area contributed by atoms with E-state index in [1.807, 2.05) is 17.5 Å². The summed E-state index contributed by atoms with van der Waals surface area (Å²) in [7, 11) is 2.22. The molecule has 1 aliphatic heterocycles. The zero-order valence-corrected chi connectivity index (χ0v) is 11.7. The highest BCUT2D eigenvalue weighted by molar-refractivity contribution is 7.11. The molecule has 1 fully saturated rings. The minimum Gasteiger partial charge on any atom is -0.330 e. The molecule has 0 aliphatic carbocycles. The SMILES string of the molecule is CC(CN)c1cnc(CC2CCCN(C)C2)s1. The molecule has 17 heavy (non-hydrogen) atoms. The first-order valence-electron chi connectivity index (χ1n) is 6.52. The highest BCUT2D eigenvalue weighted by Gasteiger charge is 2.19. The van der Waals surface area contributed by atoms with E-state index in [1.54, 1.807) is 0 Å². The summed E-state index contributed by atoms with van der Waals surface area (Å²) < 4.78 is 0. The van der Waals surface area contributed by atoms with Gasteiger partial charge in [-0.05, 0) is 38.9 Å². The fourth-order valence-corrected chi connectivity index (χ4v) is 3.55. The van der Waals surface area contributed by atoms with Crippen LogP contribution in [-0.4, -0.2) is 36.6 Å². The van der Waals surface area contributed by atoms with E-state index < -0.39 is 0 Å². The highest BCUT2D eigenvalue weighted by Crippen LogP contribution is 2.26. The number of piperidine rings is 1. The molecule has 0 saturated carbocycles. The van der Waals surface area contributed by atoms with Gasteiger partial charge in [-0.15, -0.1) is 11.3 Å². The van der Waals surface area contributed by atoms with Crippen LogP contribution in [0, 0.1) is 5.92 Å². The lowest BCUT2D eigenvalue weighted by Gasteiger charge is -2.29. The summed E-state index contributed by atoms with van der Waals surface area (Å²) in [5.74, 6) is 1.25. The third kappa shape index (κ3) is 3.50. The molecule has 0 radical (unpaired) electrons. The first kappa shape index (κ1) is 13.0. The molecule has 2 N–H and O–H groups in total. The molecule has 4 heteroatoms. The number of likely N-dealkylation sites (tertiary alicyclic amines) is 1. The summed E-state index contributed by atoms with van der Waals surface area (Å²) in [6.45, 7) is 5.37. The molecule has 0 aromatic carbocycles. The molecule has 96 valence electrons. The molecule has 0 bridgehead atoms. The third-order valence-corrected chi connectivity index (χ3v) is 4.85. The average molecular weight is 253 g/mol. The monoisotopic (exact) mass is 253 g/mol. The molecular formula is C13H23N3S. The summed E-state index contributed by atoms with van der Waals surface area (Å²) in [6, 6.07) is 0. The molecule has 2 heterocycles. The number of rotatable bonds is 4. The molecule has 2 rings (SSSR count). The van der Waals surface area contributed by atoms with Gasteiger partial charge in [0.15, 0.2) is 0 Å². The molecular weight excluding hydrogens is 230 g/mol. The van der Waals surface area contributed by atoms with Crippen molar-refractivity contribution in [2.24, 2.45) is 11.7 Å². The van der Waals surface area contributed by atoms with E-state index in [1.165, 1.54) is 35.8 Å². The quantitative estimate of drug-likeness (QED) is 0.893. The van der Waals surface area contributed by atoms with Gasteiger partial charge in [0.25, 0.3) is 0 Å². The molecule has 2 atom stereocenters. The van der Waals surface area contributed by atoms with Crippen molar-refractivity contribution in [3.63, 3.8) is 0 Å². The number of aromatic nitrogens is 1. The molecule has 3 nitrogen and oxygen atoms in total. The molecule has 1 saturated heterocycles. The van der Waals surface area contributed by atoms with Crippen molar-refractivity contribution in [1.82, 2.24) is 9.88 Å². The Morgan fingerprint density at radius 3 is 3.18 bits per heavy atom. The summed E-state index contributed by atoms with van der Waals surface area (Å²) in [4.78, 5) is 8.32. The van der Waals surface area contributed by atoms with Gasteiger partial charge in [0, 0.05) is 30.0 Å². The van der Waals surface area contributed by atoms with Crippen molar-refractivity contribution in [2.75, 3.05) is 26.7 Å². The van der Waals surface area contributed by atoms with Crippen LogP contribution in [0.4, 0.5) is 0 Å². The second-order valence-corrected chi connectivity index (χ2v) is 6.41. The van der Waals surface area contributed by atoms with Crippen LogP contribution in [0.3, 0.4) is 0 Å². The van der Waals surface area contributed by atoms with Crippen molar-refractivity contribution >= 4 is 11.3 Å². The molecule has 2 unspecified atom stereocenters. The van der Waals surface area contributed by atoms with Gasteiger partial charge in [0.05, 0.1) is 5.01 Å². The Balaban J connectivity index is 1.92. The van der Waals surface area contributed by atoms with Gasteiger partial charge < -0.3 is 10.6 Å². The van der Waals surface area contributed by atoms with Crippen molar-refractivity contribution in [2.45, 2.75) is 32.1 Å². The Bertz CT molecular complexity index is 350. The summed E-state index contributed by atoms with van der Waals surface area (Å²) >= 11 is 1.85. The van der Waals surface area contributed by atoms with Crippen LogP contribution in [-0.2, 0) is 6.42 Å². The van der Waals surface area contributed by atoms with Crippen LogP contribution >= 0.6 is 11.3 Å². The zero-order valence-electron chi connectivity index (χ0n) is 10.9. The number of nitrogens with zero attached hydrogens (tertiary/aromatic N) is 2. The Morgan fingerprint density at radius 2 is 2.47 bits per heavy atom. The van der Waals surface area contributed by atoms with Gasteiger partial charge in [-0.2, -0.15) is 0 Å². The number of hydrogen-bond acceptors (Lipinski definition) is 4. The second-order valence-electron chi connectivity index (χ2n) is 5.27. The number of hydrogen-bond donors (Lipinski definition) is 1. The first-order chi connectivity index (χ1) is 8.19. The van der Waals surface area contributed by atoms with Gasteiger partial charge >= 0.3 is 0 Å². The minimum absolute atomic E-state index is 0.454. The van der Waals surface area contributed by atoms with Gasteiger partial charge in [-0.3, -0.25) is 0 Å². The lowest BCUT2D eigenvalue weighted by atomic mass is 9.95. The Morgan fingerprint density at radius 1 is 1.65 bits per heavy atom. The zero-order chi connectivity index (χ0) is 12.3. The maximum atomic E-state index is 5.69. The van der Waals surface area contributed by atoms with Gasteiger partial charge in [0.1, 0.15) is 0 Å². The van der Waals surface area contributed by atoms with E-state index in [2.05, 4.69) is 23.9 Å². The number of thiazole rings is 1. The predicted molar refractivity (Wildman–Crippen MR) is 73.5 cm³/mol. The normalized spacial score (nSPS) is 23.8. The van der Waals surface area contributed by atoms with E-state index in [9.17, 15) is 0 Å². The van der Waals surface area contributed by atoms with Gasteiger partial charge in [0.2, 0.25) is 0 Å². The van der Waals surface area contributed by atoms with Crippen LogP contribution in [0.5, 0.6) is 0 Å². The van der Waals surface area contributed by atoms with Crippen molar-refractivity contribution in [3.05, 3.63) is 16.1 Å². The van der Waals surface area contributed by atoms with E-state index in [0.717, 1.165) is 12.3 Å². The predicted octanol–water partition coefficient (Wildman–Crippen LogP) is 2.09. The smallest absolute Gasteiger partial charge is 0.0931 e. The minimum atomic E-state index is 0.454. The Labute approximate surface area is 108 Å². The fourth-order valence-electron chi connectivity index (χ4n) is 2.45. The summed E-state index contributed by atoms with van der Waals surface area (Å²) in [5, 5.41) is 1.29. The maximum absolute atomic E-state index is 5.69. The Hall–Kier alpha value is -0.450. The van der Waals surface area contributed by atoms with E-state index >= 15 is 0 Å². The molecule has 1 aromatic rings. The molecule has 1 aromatic heterocycles. The van der Waals surface area contributed by atoms with Crippen molar-refractivity contribution in [1.29, 1.82) is 0 Å². The van der Waals surface area contributed by atoms with Crippen LogP contribution < -0.4 is 5.73 Å².